The van der Waals surface area contributed by atoms with Crippen LogP contribution >= 0.6 is 0 Å². The summed E-state index contributed by atoms with van der Waals surface area (Å²) in [6, 6.07) is 13.1. The molecule has 2 fully saturated rings. The summed E-state index contributed by atoms with van der Waals surface area (Å²) in [6.07, 6.45) is 1.28. The Bertz CT molecular complexity index is 1100. The van der Waals surface area contributed by atoms with Crippen LogP contribution in [-0.4, -0.2) is 68.9 Å². The predicted octanol–water partition coefficient (Wildman–Crippen LogP) is 2.26. The molecule has 8 nitrogen and oxygen atoms in total. The number of ether oxygens (including phenoxy) is 1. The summed E-state index contributed by atoms with van der Waals surface area (Å²) < 4.78 is 33.7. The number of hydrogen-bond acceptors (Lipinski definition) is 5. The third-order valence-corrected chi connectivity index (χ3v) is 7.12. The molecule has 0 bridgehead atoms. The van der Waals surface area contributed by atoms with Crippen LogP contribution in [0.4, 0.5) is 5.69 Å². The van der Waals surface area contributed by atoms with Gasteiger partial charge in [-0.25, -0.2) is 8.42 Å². The molecule has 1 unspecified atom stereocenters. The third-order valence-electron chi connectivity index (χ3n) is 5.75. The molecule has 0 radical (unpaired) electrons. The molecule has 2 heterocycles. The van der Waals surface area contributed by atoms with Gasteiger partial charge in [-0.15, -0.1) is 0 Å². The fourth-order valence-electron chi connectivity index (χ4n) is 4.01. The summed E-state index contributed by atoms with van der Waals surface area (Å²) in [6.45, 7) is 4.18. The molecule has 2 aromatic carbocycles. The number of anilines is 1. The Labute approximate surface area is 188 Å². The normalized spacial score (nSPS) is 19.1. The van der Waals surface area contributed by atoms with Gasteiger partial charge in [0.1, 0.15) is 6.10 Å². The van der Waals surface area contributed by atoms with Gasteiger partial charge in [-0.3, -0.25) is 14.3 Å². The SMILES string of the molecule is Cc1cccc(NS(=O)(=O)c2cccc(C(=O)N3CCN(C(=O)C4CCCO4)CC3)c2)c1. The van der Waals surface area contributed by atoms with E-state index in [1.165, 1.54) is 12.1 Å². The zero-order chi connectivity index (χ0) is 22.7. The first-order valence-corrected chi connectivity index (χ1v) is 12.2. The third kappa shape index (κ3) is 4.94. The van der Waals surface area contributed by atoms with E-state index in [9.17, 15) is 18.0 Å². The average molecular weight is 458 g/mol. The van der Waals surface area contributed by atoms with Crippen molar-refractivity contribution in [2.45, 2.75) is 30.8 Å². The molecule has 0 spiro atoms. The van der Waals surface area contributed by atoms with Crippen molar-refractivity contribution >= 4 is 27.5 Å². The van der Waals surface area contributed by atoms with Gasteiger partial charge in [0.05, 0.1) is 4.90 Å². The van der Waals surface area contributed by atoms with E-state index in [2.05, 4.69) is 4.72 Å². The maximum atomic E-state index is 13.0. The fourth-order valence-corrected chi connectivity index (χ4v) is 5.10. The molecule has 1 atom stereocenters. The van der Waals surface area contributed by atoms with Crippen molar-refractivity contribution in [1.29, 1.82) is 0 Å². The van der Waals surface area contributed by atoms with Gasteiger partial charge >= 0.3 is 0 Å². The van der Waals surface area contributed by atoms with E-state index >= 15 is 0 Å². The van der Waals surface area contributed by atoms with Crippen LogP contribution in [0.15, 0.2) is 53.4 Å². The monoisotopic (exact) mass is 457 g/mol. The zero-order valence-electron chi connectivity index (χ0n) is 18.0. The Morgan fingerprint density at radius 1 is 1.00 bits per heavy atom. The second-order valence-electron chi connectivity index (χ2n) is 8.12. The fraction of sp³-hybridized carbons (Fsp3) is 0.391. The van der Waals surface area contributed by atoms with E-state index in [0.717, 1.165) is 18.4 Å². The molecule has 2 aromatic rings. The highest BCUT2D eigenvalue weighted by Gasteiger charge is 2.31. The lowest BCUT2D eigenvalue weighted by molar-refractivity contribution is -0.142. The summed E-state index contributed by atoms with van der Waals surface area (Å²) in [5.41, 5.74) is 1.70. The number of hydrogen-bond donors (Lipinski definition) is 1. The highest BCUT2D eigenvalue weighted by molar-refractivity contribution is 7.92. The summed E-state index contributed by atoms with van der Waals surface area (Å²) in [5, 5.41) is 0. The van der Waals surface area contributed by atoms with Crippen LogP contribution in [0, 0.1) is 6.92 Å². The van der Waals surface area contributed by atoms with E-state index in [1.807, 2.05) is 13.0 Å². The standard InChI is InChI=1S/C23H27N3O5S/c1-17-5-2-7-19(15-17)24-32(29,30)20-8-3-6-18(16-20)22(27)25-10-12-26(13-11-25)23(28)21-9-4-14-31-21/h2-3,5-8,15-16,21,24H,4,9-14H2,1H3. The van der Waals surface area contributed by atoms with Gasteiger partial charge in [0, 0.05) is 44.0 Å². The second-order valence-corrected chi connectivity index (χ2v) is 9.80. The maximum absolute atomic E-state index is 13.0. The highest BCUT2D eigenvalue weighted by atomic mass is 32.2. The van der Waals surface area contributed by atoms with Crippen molar-refractivity contribution in [1.82, 2.24) is 9.80 Å². The lowest BCUT2D eigenvalue weighted by atomic mass is 10.1. The summed E-state index contributed by atoms with van der Waals surface area (Å²) in [5.74, 6) is -0.258. The molecule has 2 aliphatic rings. The minimum atomic E-state index is -3.83. The quantitative estimate of drug-likeness (QED) is 0.743. The van der Waals surface area contributed by atoms with Gasteiger partial charge in [-0.2, -0.15) is 0 Å². The van der Waals surface area contributed by atoms with Crippen LogP contribution in [0.25, 0.3) is 0 Å². The Hall–Kier alpha value is -2.91. The predicted molar refractivity (Wildman–Crippen MR) is 120 cm³/mol. The molecule has 2 aliphatic heterocycles. The number of sulfonamides is 1. The number of piperazine rings is 1. The van der Waals surface area contributed by atoms with Crippen molar-refractivity contribution in [3.05, 3.63) is 59.7 Å². The Kier molecular flexibility index (Phi) is 6.48. The van der Waals surface area contributed by atoms with E-state index in [-0.39, 0.29) is 22.8 Å². The zero-order valence-corrected chi connectivity index (χ0v) is 18.8. The minimum Gasteiger partial charge on any atom is -0.368 e. The summed E-state index contributed by atoms with van der Waals surface area (Å²) >= 11 is 0. The molecule has 170 valence electrons. The smallest absolute Gasteiger partial charge is 0.261 e. The van der Waals surface area contributed by atoms with Crippen LogP contribution in [0.5, 0.6) is 0 Å². The number of rotatable bonds is 5. The summed E-state index contributed by atoms with van der Waals surface area (Å²) in [7, 11) is -3.83. The largest absolute Gasteiger partial charge is 0.368 e. The Balaban J connectivity index is 1.42. The van der Waals surface area contributed by atoms with E-state index in [1.54, 1.807) is 40.1 Å². The first-order chi connectivity index (χ1) is 15.3. The van der Waals surface area contributed by atoms with Gasteiger partial charge in [-0.1, -0.05) is 18.2 Å². The first kappa shape index (κ1) is 22.3. The van der Waals surface area contributed by atoms with Crippen LogP contribution in [0.3, 0.4) is 0 Å². The van der Waals surface area contributed by atoms with Gasteiger partial charge < -0.3 is 14.5 Å². The first-order valence-electron chi connectivity index (χ1n) is 10.7. The molecule has 2 saturated heterocycles. The molecule has 1 N–H and O–H groups in total. The number of carbonyl (C=O) groups is 2. The molecule has 9 heteroatoms. The van der Waals surface area contributed by atoms with Gasteiger partial charge in [-0.05, 0) is 55.7 Å². The topological polar surface area (TPSA) is 96.0 Å². The maximum Gasteiger partial charge on any atom is 0.261 e. The van der Waals surface area contributed by atoms with Gasteiger partial charge in [0.25, 0.3) is 21.8 Å². The van der Waals surface area contributed by atoms with Crippen LogP contribution in [0.1, 0.15) is 28.8 Å². The molecular weight excluding hydrogens is 430 g/mol. The molecular formula is C23H27N3O5S. The van der Waals surface area contributed by atoms with Gasteiger partial charge in [0.2, 0.25) is 0 Å². The number of carbonyl (C=O) groups excluding carboxylic acids is 2. The molecule has 2 amide bonds. The molecule has 4 rings (SSSR count). The van der Waals surface area contributed by atoms with Crippen LogP contribution in [0.2, 0.25) is 0 Å². The second kappa shape index (κ2) is 9.30. The Morgan fingerprint density at radius 3 is 2.41 bits per heavy atom. The van der Waals surface area contributed by atoms with Crippen molar-refractivity contribution in [3.8, 4) is 0 Å². The van der Waals surface area contributed by atoms with Crippen molar-refractivity contribution in [2.24, 2.45) is 0 Å². The van der Waals surface area contributed by atoms with Crippen molar-refractivity contribution < 1.29 is 22.7 Å². The average Bonchev–Trinajstić information content (AvgIpc) is 3.33. The molecule has 32 heavy (non-hydrogen) atoms. The molecule has 0 aliphatic carbocycles. The highest BCUT2D eigenvalue weighted by Crippen LogP contribution is 2.20. The molecule has 0 saturated carbocycles. The van der Waals surface area contributed by atoms with E-state index in [4.69, 9.17) is 4.74 Å². The minimum absolute atomic E-state index is 0.00934. The summed E-state index contributed by atoms with van der Waals surface area (Å²) in [4.78, 5) is 28.9. The van der Waals surface area contributed by atoms with Crippen molar-refractivity contribution in [2.75, 3.05) is 37.5 Å². The van der Waals surface area contributed by atoms with Crippen LogP contribution < -0.4 is 4.72 Å². The number of nitrogens with one attached hydrogen (secondary N) is 1. The van der Waals surface area contributed by atoms with Crippen molar-refractivity contribution in [3.63, 3.8) is 0 Å². The van der Waals surface area contributed by atoms with E-state index < -0.39 is 10.0 Å². The number of aryl methyl sites for hydroxylation is 1. The lowest BCUT2D eigenvalue weighted by Gasteiger charge is -2.35. The lowest BCUT2D eigenvalue weighted by Crippen LogP contribution is -2.52. The number of amides is 2. The van der Waals surface area contributed by atoms with E-state index in [0.29, 0.717) is 44.0 Å². The number of benzene rings is 2. The van der Waals surface area contributed by atoms with Gasteiger partial charge in [0.15, 0.2) is 0 Å². The molecule has 0 aromatic heterocycles. The van der Waals surface area contributed by atoms with Crippen LogP contribution in [-0.2, 0) is 19.6 Å². The Morgan fingerprint density at radius 2 is 1.72 bits per heavy atom. The number of nitrogens with zero attached hydrogens (tertiary/aromatic N) is 2.